The van der Waals surface area contributed by atoms with Gasteiger partial charge in [-0.15, -0.1) is 0 Å². The lowest BCUT2D eigenvalue weighted by Crippen LogP contribution is -2.34. The van der Waals surface area contributed by atoms with Crippen LogP contribution in [0.5, 0.6) is 11.9 Å². The van der Waals surface area contributed by atoms with Crippen molar-refractivity contribution in [3.63, 3.8) is 0 Å². The molecule has 13 heteroatoms. The van der Waals surface area contributed by atoms with Crippen molar-refractivity contribution in [2.24, 2.45) is 0 Å². The lowest BCUT2D eigenvalue weighted by molar-refractivity contribution is -0.187. The Labute approximate surface area is 188 Å². The number of aromatic nitrogens is 3. The van der Waals surface area contributed by atoms with Gasteiger partial charge in [0.15, 0.2) is 11.8 Å². The molecular formula is C20H16ClF4N3O5. The first-order valence-electron chi connectivity index (χ1n) is 9.81. The first-order valence-corrected chi connectivity index (χ1v) is 10.2. The van der Waals surface area contributed by atoms with Crippen LogP contribution in [0.4, 0.5) is 17.6 Å². The van der Waals surface area contributed by atoms with Crippen LogP contribution in [0.3, 0.4) is 0 Å². The van der Waals surface area contributed by atoms with E-state index >= 15 is 0 Å². The molecule has 4 atom stereocenters. The minimum absolute atomic E-state index is 0.00362. The second-order valence-corrected chi connectivity index (χ2v) is 7.96. The Morgan fingerprint density at radius 2 is 1.85 bits per heavy atom. The number of hydrogen-bond donors (Lipinski definition) is 2. The Balaban J connectivity index is 1.34. The normalized spacial score (nSPS) is 25.1. The summed E-state index contributed by atoms with van der Waals surface area (Å²) in [6.45, 7) is 0.300. The number of fused-ring (bicyclic) bond motifs is 2. The van der Waals surface area contributed by atoms with Crippen LogP contribution in [-0.4, -0.2) is 57.7 Å². The van der Waals surface area contributed by atoms with Crippen molar-refractivity contribution in [1.82, 2.24) is 15.0 Å². The topological polar surface area (TPSA) is 98.7 Å². The Kier molecular flexibility index (Phi) is 5.55. The summed E-state index contributed by atoms with van der Waals surface area (Å²) in [6.07, 6.45) is -8.93. The first-order chi connectivity index (χ1) is 15.7. The third-order valence-electron chi connectivity index (χ3n) is 5.34. The molecule has 2 aliphatic rings. The van der Waals surface area contributed by atoms with Crippen LogP contribution in [0.15, 0.2) is 30.3 Å². The van der Waals surface area contributed by atoms with Crippen LogP contribution in [-0.2, 0) is 15.6 Å². The highest BCUT2D eigenvalue weighted by Crippen LogP contribution is 2.36. The van der Waals surface area contributed by atoms with Crippen LogP contribution in [0.2, 0.25) is 5.02 Å². The van der Waals surface area contributed by atoms with Gasteiger partial charge in [-0.2, -0.15) is 18.7 Å². The molecule has 0 aliphatic carbocycles. The number of nitrogens with zero attached hydrogens (tertiary/aromatic N) is 2. The summed E-state index contributed by atoms with van der Waals surface area (Å²) in [5, 5.41) is 9.58. The van der Waals surface area contributed by atoms with E-state index in [2.05, 4.69) is 15.0 Å². The summed E-state index contributed by atoms with van der Waals surface area (Å²) in [4.78, 5) is 10.9. The number of pyridine rings is 1. The van der Waals surface area contributed by atoms with Crippen molar-refractivity contribution in [3.8, 4) is 11.9 Å². The van der Waals surface area contributed by atoms with Crippen molar-refractivity contribution >= 4 is 22.8 Å². The molecular weight excluding hydrogens is 474 g/mol. The molecule has 0 bridgehead atoms. The van der Waals surface area contributed by atoms with E-state index in [0.29, 0.717) is 5.52 Å². The summed E-state index contributed by atoms with van der Waals surface area (Å²) in [7, 11) is 0. The number of benzene rings is 1. The SMILES string of the molecule is O[C@@H]1COC2C1OC[C@H]2Oc1nc2nc(OC(F)(F)c3ccc(C(F)F)cc3)c(Cl)cc2[nH]1. The van der Waals surface area contributed by atoms with Crippen molar-refractivity contribution < 1.29 is 41.6 Å². The summed E-state index contributed by atoms with van der Waals surface area (Å²) in [5.41, 5.74) is -0.746. The molecule has 0 amide bonds. The fourth-order valence-corrected chi connectivity index (χ4v) is 3.89. The van der Waals surface area contributed by atoms with Crippen molar-refractivity contribution in [1.29, 1.82) is 0 Å². The molecule has 2 unspecified atom stereocenters. The predicted octanol–water partition coefficient (Wildman–Crippen LogP) is 3.58. The highest BCUT2D eigenvalue weighted by molar-refractivity contribution is 6.32. The fraction of sp³-hybridized carbons (Fsp3) is 0.400. The van der Waals surface area contributed by atoms with Crippen LogP contribution >= 0.6 is 11.6 Å². The average Bonchev–Trinajstić information content (AvgIpc) is 3.45. The first kappa shape index (κ1) is 22.1. The minimum atomic E-state index is -3.89. The van der Waals surface area contributed by atoms with E-state index in [-0.39, 0.29) is 29.9 Å². The number of imidazole rings is 1. The number of ether oxygens (including phenoxy) is 4. The molecule has 0 radical (unpaired) electrons. The smallest absolute Gasteiger partial charge is 0.427 e. The minimum Gasteiger partial charge on any atom is -0.456 e. The van der Waals surface area contributed by atoms with Crippen molar-refractivity contribution in [2.45, 2.75) is 36.9 Å². The van der Waals surface area contributed by atoms with Gasteiger partial charge < -0.3 is 29.0 Å². The number of alkyl halides is 4. The Morgan fingerprint density at radius 3 is 2.58 bits per heavy atom. The Hall–Kier alpha value is -2.67. The van der Waals surface area contributed by atoms with E-state index in [1.807, 2.05) is 0 Å². The third kappa shape index (κ3) is 4.19. The molecule has 2 saturated heterocycles. The highest BCUT2D eigenvalue weighted by Gasteiger charge is 2.48. The average molecular weight is 490 g/mol. The van der Waals surface area contributed by atoms with Gasteiger partial charge in [-0.05, 0) is 18.2 Å². The second-order valence-electron chi connectivity index (χ2n) is 7.55. The number of halogens is 5. The molecule has 2 aliphatic heterocycles. The van der Waals surface area contributed by atoms with E-state index in [1.165, 1.54) is 6.07 Å². The highest BCUT2D eigenvalue weighted by atomic mass is 35.5. The number of H-pyrrole nitrogens is 1. The fourth-order valence-electron chi connectivity index (χ4n) is 3.70. The Morgan fingerprint density at radius 1 is 1.12 bits per heavy atom. The molecule has 1 aromatic carbocycles. The number of aliphatic hydroxyl groups excluding tert-OH is 1. The van der Waals surface area contributed by atoms with Gasteiger partial charge in [-0.1, -0.05) is 23.7 Å². The van der Waals surface area contributed by atoms with Gasteiger partial charge in [0.05, 0.1) is 24.3 Å². The lowest BCUT2D eigenvalue weighted by atomic mass is 10.1. The maximum absolute atomic E-state index is 14.6. The van der Waals surface area contributed by atoms with Crippen LogP contribution < -0.4 is 9.47 Å². The number of aliphatic hydroxyl groups is 1. The number of nitrogens with one attached hydrogen (secondary N) is 1. The Bertz CT molecular complexity index is 1160. The molecule has 2 N–H and O–H groups in total. The molecule has 176 valence electrons. The zero-order valence-electron chi connectivity index (χ0n) is 16.6. The molecule has 2 fully saturated rings. The van der Waals surface area contributed by atoms with E-state index in [0.717, 1.165) is 24.3 Å². The standard InChI is InChI=1S/C20H16ClF4N3O5/c21-10-5-11-17(28-19(26-11)32-13-7-31-14-12(29)6-30-15(13)14)27-18(10)33-20(24,25)9-3-1-8(2-4-9)16(22)23/h1-5,12-16,29H,6-7H2,(H,26,27,28)/t12-,13-,14?,15?/m1/s1. The maximum Gasteiger partial charge on any atom is 0.427 e. The van der Waals surface area contributed by atoms with Gasteiger partial charge in [0.1, 0.15) is 23.3 Å². The summed E-state index contributed by atoms with van der Waals surface area (Å²) < 4.78 is 75.9. The van der Waals surface area contributed by atoms with Gasteiger partial charge in [0.25, 0.3) is 12.4 Å². The lowest BCUT2D eigenvalue weighted by Gasteiger charge is -2.18. The summed E-state index contributed by atoms with van der Waals surface area (Å²) in [6, 6.07) is 4.77. The molecule has 2 aromatic heterocycles. The monoisotopic (exact) mass is 489 g/mol. The van der Waals surface area contributed by atoms with Gasteiger partial charge in [0.2, 0.25) is 5.88 Å². The largest absolute Gasteiger partial charge is 0.456 e. The predicted molar refractivity (Wildman–Crippen MR) is 105 cm³/mol. The molecule has 0 spiro atoms. The van der Waals surface area contributed by atoms with E-state index in [9.17, 15) is 22.7 Å². The number of rotatable bonds is 6. The molecule has 0 saturated carbocycles. The molecule has 3 aromatic rings. The van der Waals surface area contributed by atoms with Gasteiger partial charge >= 0.3 is 6.11 Å². The summed E-state index contributed by atoms with van der Waals surface area (Å²) in [5.74, 6) is -0.600. The van der Waals surface area contributed by atoms with E-state index < -0.39 is 54.0 Å². The van der Waals surface area contributed by atoms with Crippen LogP contribution in [0.25, 0.3) is 11.2 Å². The molecule has 5 rings (SSSR count). The zero-order chi connectivity index (χ0) is 23.3. The summed E-state index contributed by atoms with van der Waals surface area (Å²) >= 11 is 6.06. The maximum atomic E-state index is 14.6. The van der Waals surface area contributed by atoms with Crippen LogP contribution in [0.1, 0.15) is 17.6 Å². The van der Waals surface area contributed by atoms with E-state index in [4.69, 9.17) is 30.5 Å². The zero-order valence-corrected chi connectivity index (χ0v) is 17.3. The molecule has 8 nitrogen and oxygen atoms in total. The third-order valence-corrected chi connectivity index (χ3v) is 5.61. The number of hydrogen-bond acceptors (Lipinski definition) is 7. The van der Waals surface area contributed by atoms with Crippen molar-refractivity contribution in [2.75, 3.05) is 13.2 Å². The van der Waals surface area contributed by atoms with Gasteiger partial charge in [-0.3, -0.25) is 0 Å². The van der Waals surface area contributed by atoms with Crippen molar-refractivity contribution in [3.05, 3.63) is 46.5 Å². The second kappa shape index (κ2) is 8.28. The quantitative estimate of drug-likeness (QED) is 0.511. The van der Waals surface area contributed by atoms with Gasteiger partial charge in [-0.25, -0.2) is 8.78 Å². The van der Waals surface area contributed by atoms with Gasteiger partial charge in [0, 0.05) is 5.56 Å². The van der Waals surface area contributed by atoms with Crippen LogP contribution in [0, 0.1) is 0 Å². The molecule has 4 heterocycles. The molecule has 33 heavy (non-hydrogen) atoms. The van der Waals surface area contributed by atoms with E-state index in [1.54, 1.807) is 0 Å². The number of aromatic amines is 1.